The highest BCUT2D eigenvalue weighted by Gasteiger charge is 2.27. The van der Waals surface area contributed by atoms with E-state index in [0.29, 0.717) is 23.6 Å². The quantitative estimate of drug-likeness (QED) is 0.835. The van der Waals surface area contributed by atoms with Crippen LogP contribution in [0.3, 0.4) is 0 Å². The van der Waals surface area contributed by atoms with Crippen LogP contribution in [0.2, 0.25) is 0 Å². The molecule has 2 unspecified atom stereocenters. The summed E-state index contributed by atoms with van der Waals surface area (Å²) in [5.74, 6) is 0.0792. The van der Waals surface area contributed by atoms with Crippen LogP contribution < -0.4 is 4.74 Å². The highest BCUT2D eigenvalue weighted by Crippen LogP contribution is 2.33. The van der Waals surface area contributed by atoms with Crippen molar-refractivity contribution in [3.8, 4) is 11.9 Å². The summed E-state index contributed by atoms with van der Waals surface area (Å²) in [4.78, 5) is 0. The van der Waals surface area contributed by atoms with Crippen molar-refractivity contribution < 1.29 is 9.84 Å². The predicted octanol–water partition coefficient (Wildman–Crippen LogP) is 1.32. The number of nitriles is 1. The van der Waals surface area contributed by atoms with Gasteiger partial charge < -0.3 is 9.84 Å². The molecule has 0 amide bonds. The number of aryl methyl sites for hydroxylation is 2. The monoisotopic (exact) mass is 223 g/mol. The van der Waals surface area contributed by atoms with E-state index in [2.05, 4.69) is 11.2 Å². The lowest BCUT2D eigenvalue weighted by molar-refractivity contribution is 0.128. The van der Waals surface area contributed by atoms with Crippen molar-refractivity contribution in [1.82, 2.24) is 9.78 Å². The Morgan fingerprint density at radius 2 is 2.25 bits per heavy atom. The first-order valence-electron chi connectivity index (χ1n) is 5.21. The second-order valence-corrected chi connectivity index (χ2v) is 3.72. The van der Waals surface area contributed by atoms with E-state index in [1.807, 2.05) is 6.92 Å². The molecule has 1 heterocycles. The van der Waals surface area contributed by atoms with E-state index in [1.54, 1.807) is 18.7 Å². The molecule has 2 atom stereocenters. The number of aliphatic hydroxyl groups excluding tert-OH is 1. The van der Waals surface area contributed by atoms with Gasteiger partial charge >= 0.3 is 0 Å². The third-order valence-electron chi connectivity index (χ3n) is 2.69. The molecule has 0 aliphatic rings. The molecule has 0 aromatic carbocycles. The third kappa shape index (κ3) is 2.02. The van der Waals surface area contributed by atoms with E-state index >= 15 is 0 Å². The fourth-order valence-electron chi connectivity index (χ4n) is 1.82. The highest BCUT2D eigenvalue weighted by molar-refractivity contribution is 5.34. The second-order valence-electron chi connectivity index (χ2n) is 3.72. The summed E-state index contributed by atoms with van der Waals surface area (Å²) < 4.78 is 6.76. The van der Waals surface area contributed by atoms with E-state index in [9.17, 15) is 5.11 Å². The highest BCUT2D eigenvalue weighted by atomic mass is 16.5. The first kappa shape index (κ1) is 12.5. The SMILES string of the molecule is CCC(C#N)C(O)c1c(C)nn(C)c1OC. The number of nitrogens with zero attached hydrogens (tertiary/aromatic N) is 3. The number of methoxy groups -OCH3 is 1. The maximum absolute atomic E-state index is 10.1. The molecule has 16 heavy (non-hydrogen) atoms. The van der Waals surface area contributed by atoms with Gasteiger partial charge in [0, 0.05) is 7.05 Å². The predicted molar refractivity (Wildman–Crippen MR) is 58.9 cm³/mol. The fourth-order valence-corrected chi connectivity index (χ4v) is 1.82. The topological polar surface area (TPSA) is 71.1 Å². The molecule has 1 aromatic heterocycles. The molecular formula is C11H17N3O2. The van der Waals surface area contributed by atoms with E-state index in [4.69, 9.17) is 10.00 Å². The van der Waals surface area contributed by atoms with Gasteiger partial charge in [-0.05, 0) is 13.3 Å². The molecule has 0 aliphatic heterocycles. The van der Waals surface area contributed by atoms with Gasteiger partial charge in [0.25, 0.3) is 0 Å². The summed E-state index contributed by atoms with van der Waals surface area (Å²) in [6, 6.07) is 2.10. The van der Waals surface area contributed by atoms with Crippen LogP contribution >= 0.6 is 0 Å². The van der Waals surface area contributed by atoms with Gasteiger partial charge in [-0.25, -0.2) is 4.68 Å². The minimum Gasteiger partial charge on any atom is -0.481 e. The van der Waals surface area contributed by atoms with Crippen LogP contribution in [0.25, 0.3) is 0 Å². The standard InChI is InChI=1S/C11H17N3O2/c1-5-8(6-12)10(15)9-7(2)13-14(3)11(9)16-4/h8,10,15H,5H2,1-4H3. The van der Waals surface area contributed by atoms with Crippen molar-refractivity contribution >= 4 is 0 Å². The molecule has 5 heteroatoms. The van der Waals surface area contributed by atoms with Gasteiger partial charge in [-0.1, -0.05) is 6.92 Å². The Balaban J connectivity index is 3.17. The summed E-state index contributed by atoms with van der Waals surface area (Å²) >= 11 is 0. The fraction of sp³-hybridized carbons (Fsp3) is 0.636. The molecule has 0 spiro atoms. The first-order valence-corrected chi connectivity index (χ1v) is 5.21. The average Bonchev–Trinajstić information content (AvgIpc) is 2.54. The van der Waals surface area contributed by atoms with Gasteiger partial charge in [-0.3, -0.25) is 0 Å². The molecule has 1 N–H and O–H groups in total. The molecule has 1 rings (SSSR count). The summed E-state index contributed by atoms with van der Waals surface area (Å²) in [7, 11) is 3.27. The van der Waals surface area contributed by atoms with Gasteiger partial charge in [0.2, 0.25) is 5.88 Å². The lowest BCUT2D eigenvalue weighted by Gasteiger charge is -2.15. The van der Waals surface area contributed by atoms with Gasteiger partial charge in [0.15, 0.2) is 0 Å². The van der Waals surface area contributed by atoms with Crippen molar-refractivity contribution in [1.29, 1.82) is 5.26 Å². The lowest BCUT2D eigenvalue weighted by atomic mass is 9.95. The Labute approximate surface area is 95.3 Å². The average molecular weight is 223 g/mol. The maximum Gasteiger partial charge on any atom is 0.217 e. The van der Waals surface area contributed by atoms with E-state index in [1.165, 1.54) is 7.11 Å². The molecule has 1 aromatic rings. The molecule has 0 saturated heterocycles. The normalized spacial score (nSPS) is 14.2. The molecule has 0 radical (unpaired) electrons. The van der Waals surface area contributed by atoms with Crippen molar-refractivity contribution in [3.05, 3.63) is 11.3 Å². The Morgan fingerprint density at radius 3 is 2.69 bits per heavy atom. The minimum absolute atomic E-state index is 0.434. The molecular weight excluding hydrogens is 206 g/mol. The zero-order valence-corrected chi connectivity index (χ0v) is 10.1. The van der Waals surface area contributed by atoms with Crippen LogP contribution in [0.5, 0.6) is 5.88 Å². The van der Waals surface area contributed by atoms with Crippen LogP contribution in [-0.4, -0.2) is 22.0 Å². The Hall–Kier alpha value is -1.54. The summed E-state index contributed by atoms with van der Waals surface area (Å²) in [6.07, 6.45) is -0.256. The molecule has 88 valence electrons. The van der Waals surface area contributed by atoms with Crippen molar-refractivity contribution in [2.75, 3.05) is 7.11 Å². The lowest BCUT2D eigenvalue weighted by Crippen LogP contribution is -2.11. The number of rotatable bonds is 4. The maximum atomic E-state index is 10.1. The van der Waals surface area contributed by atoms with Crippen LogP contribution in [-0.2, 0) is 7.05 Å². The zero-order chi connectivity index (χ0) is 12.3. The van der Waals surface area contributed by atoms with E-state index < -0.39 is 12.0 Å². The number of hydrogen-bond donors (Lipinski definition) is 1. The number of ether oxygens (including phenoxy) is 1. The van der Waals surface area contributed by atoms with Crippen molar-refractivity contribution in [2.45, 2.75) is 26.4 Å². The van der Waals surface area contributed by atoms with Gasteiger partial charge in [-0.2, -0.15) is 10.4 Å². The number of aliphatic hydroxyl groups is 1. The van der Waals surface area contributed by atoms with Crippen LogP contribution in [0.15, 0.2) is 0 Å². The Morgan fingerprint density at radius 1 is 1.62 bits per heavy atom. The van der Waals surface area contributed by atoms with Gasteiger partial charge in [0.05, 0.1) is 30.4 Å². The van der Waals surface area contributed by atoms with Gasteiger partial charge in [0.1, 0.15) is 6.10 Å². The largest absolute Gasteiger partial charge is 0.481 e. The molecule has 0 fully saturated rings. The number of hydrogen-bond acceptors (Lipinski definition) is 4. The summed E-state index contributed by atoms with van der Waals surface area (Å²) in [5, 5.41) is 23.2. The van der Waals surface area contributed by atoms with Crippen LogP contribution in [0, 0.1) is 24.2 Å². The zero-order valence-electron chi connectivity index (χ0n) is 10.1. The van der Waals surface area contributed by atoms with E-state index in [-0.39, 0.29) is 0 Å². The summed E-state index contributed by atoms with van der Waals surface area (Å²) in [5.41, 5.74) is 1.30. The minimum atomic E-state index is -0.848. The van der Waals surface area contributed by atoms with Crippen LogP contribution in [0.4, 0.5) is 0 Å². The molecule has 5 nitrogen and oxygen atoms in total. The summed E-state index contributed by atoms with van der Waals surface area (Å²) in [6.45, 7) is 3.67. The second kappa shape index (κ2) is 4.99. The Bertz CT molecular complexity index is 406. The van der Waals surface area contributed by atoms with Crippen LogP contribution in [0.1, 0.15) is 30.7 Å². The third-order valence-corrected chi connectivity index (χ3v) is 2.69. The molecule has 0 bridgehead atoms. The van der Waals surface area contributed by atoms with E-state index in [0.717, 1.165) is 0 Å². The number of aromatic nitrogens is 2. The van der Waals surface area contributed by atoms with Gasteiger partial charge in [-0.15, -0.1) is 0 Å². The first-order chi connectivity index (χ1) is 7.56. The molecule has 0 aliphatic carbocycles. The molecule has 0 saturated carbocycles. The smallest absolute Gasteiger partial charge is 0.217 e. The Kier molecular flexibility index (Phi) is 3.91. The van der Waals surface area contributed by atoms with Crippen molar-refractivity contribution in [3.63, 3.8) is 0 Å². The van der Waals surface area contributed by atoms with Crippen molar-refractivity contribution in [2.24, 2.45) is 13.0 Å².